The average Bonchev–Trinajstić information content (AvgIpc) is 1.96. The maximum absolute atomic E-state index is 11.5. The van der Waals surface area contributed by atoms with Crippen LogP contribution in [0.2, 0.25) is 0 Å². The summed E-state index contributed by atoms with van der Waals surface area (Å²) in [7, 11) is 1.62. The van der Waals surface area contributed by atoms with Crippen LogP contribution in [0.3, 0.4) is 0 Å². The van der Waals surface area contributed by atoms with E-state index in [9.17, 15) is 4.79 Å². The van der Waals surface area contributed by atoms with E-state index in [1.54, 1.807) is 7.11 Å². The number of hydrogen-bond acceptors (Lipinski definition) is 4. The van der Waals surface area contributed by atoms with Gasteiger partial charge in [0.05, 0.1) is 12.1 Å². The predicted octanol–water partition coefficient (Wildman–Crippen LogP) is 0.500. The Kier molecular flexibility index (Phi) is 3.57. The zero-order valence-corrected chi connectivity index (χ0v) is 9.85. The topological polar surface area (TPSA) is 59.6 Å². The lowest BCUT2D eigenvalue weighted by atomic mass is 9.94. The lowest BCUT2D eigenvalue weighted by Gasteiger charge is -2.42. The molecule has 1 saturated heterocycles. The highest BCUT2D eigenvalue weighted by Crippen LogP contribution is 2.13. The Labute approximate surface area is 90.5 Å². The molecular formula is C10H20N2O3. The Morgan fingerprint density at radius 3 is 2.40 bits per heavy atom. The smallest absolute Gasteiger partial charge is 0.408 e. The fourth-order valence-electron chi connectivity index (χ4n) is 1.45. The van der Waals surface area contributed by atoms with E-state index >= 15 is 0 Å². The monoisotopic (exact) mass is 216 g/mol. The van der Waals surface area contributed by atoms with Crippen LogP contribution in [-0.4, -0.2) is 44.0 Å². The third-order valence-electron chi connectivity index (χ3n) is 2.11. The van der Waals surface area contributed by atoms with Crippen molar-refractivity contribution >= 4 is 6.09 Å². The van der Waals surface area contributed by atoms with Crippen LogP contribution >= 0.6 is 0 Å². The second-order valence-electron chi connectivity index (χ2n) is 4.94. The first kappa shape index (κ1) is 12.3. The normalized spacial score (nSPS) is 19.2. The van der Waals surface area contributed by atoms with Gasteiger partial charge >= 0.3 is 6.09 Å². The van der Waals surface area contributed by atoms with Crippen LogP contribution in [0, 0.1) is 0 Å². The van der Waals surface area contributed by atoms with Crippen LogP contribution < -0.4 is 10.6 Å². The van der Waals surface area contributed by atoms with E-state index in [1.165, 1.54) is 0 Å². The summed E-state index contributed by atoms with van der Waals surface area (Å²) in [5.74, 6) is 0. The van der Waals surface area contributed by atoms with Gasteiger partial charge in [0.25, 0.3) is 0 Å². The molecule has 0 aromatic carbocycles. The summed E-state index contributed by atoms with van der Waals surface area (Å²) in [4.78, 5) is 11.5. The molecule has 5 nitrogen and oxygen atoms in total. The van der Waals surface area contributed by atoms with Crippen LogP contribution in [0.1, 0.15) is 20.8 Å². The van der Waals surface area contributed by atoms with Crippen molar-refractivity contribution in [2.45, 2.75) is 31.9 Å². The molecule has 0 aromatic heterocycles. The summed E-state index contributed by atoms with van der Waals surface area (Å²) in [6.45, 7) is 7.47. The van der Waals surface area contributed by atoms with Gasteiger partial charge in [-0.2, -0.15) is 0 Å². The lowest BCUT2D eigenvalue weighted by Crippen LogP contribution is -2.71. The molecule has 0 aromatic rings. The first-order valence-corrected chi connectivity index (χ1v) is 5.08. The Hall–Kier alpha value is -0.810. The number of amides is 1. The number of rotatable bonds is 3. The molecule has 15 heavy (non-hydrogen) atoms. The molecule has 0 saturated carbocycles. The Bertz CT molecular complexity index is 231. The second-order valence-corrected chi connectivity index (χ2v) is 4.94. The Morgan fingerprint density at radius 1 is 1.47 bits per heavy atom. The quantitative estimate of drug-likeness (QED) is 0.721. The summed E-state index contributed by atoms with van der Waals surface area (Å²) < 4.78 is 10.3. The zero-order valence-electron chi connectivity index (χ0n) is 9.85. The van der Waals surface area contributed by atoms with Gasteiger partial charge in [-0.1, -0.05) is 0 Å². The molecule has 88 valence electrons. The number of carbonyl (C=O) groups excluding carboxylic acids is 1. The maximum Gasteiger partial charge on any atom is 0.408 e. The molecule has 0 unspecified atom stereocenters. The molecule has 2 N–H and O–H groups in total. The minimum atomic E-state index is -0.463. The summed E-state index contributed by atoms with van der Waals surface area (Å²) in [6, 6.07) is 0. The summed E-state index contributed by atoms with van der Waals surface area (Å²) in [5, 5.41) is 5.94. The number of alkyl carbamates (subject to hydrolysis) is 1. The number of nitrogens with one attached hydrogen (secondary N) is 2. The summed E-state index contributed by atoms with van der Waals surface area (Å²) in [6.07, 6.45) is -0.388. The minimum Gasteiger partial charge on any atom is -0.444 e. The molecule has 1 aliphatic rings. The Balaban J connectivity index is 2.42. The van der Waals surface area contributed by atoms with Gasteiger partial charge in [-0.3, -0.25) is 0 Å². The van der Waals surface area contributed by atoms with E-state index in [2.05, 4.69) is 10.6 Å². The fourth-order valence-corrected chi connectivity index (χ4v) is 1.45. The van der Waals surface area contributed by atoms with Gasteiger partial charge in [0.15, 0.2) is 0 Å². The molecule has 1 rings (SSSR count). The van der Waals surface area contributed by atoms with E-state index in [4.69, 9.17) is 9.47 Å². The SMILES string of the molecule is COCC1(NC(=O)OC(C)(C)C)CNC1. The first-order valence-electron chi connectivity index (χ1n) is 5.08. The van der Waals surface area contributed by atoms with Crippen LogP contribution in [-0.2, 0) is 9.47 Å². The number of hydrogen-bond donors (Lipinski definition) is 2. The number of methoxy groups -OCH3 is 1. The molecule has 1 heterocycles. The van der Waals surface area contributed by atoms with Crippen molar-refractivity contribution < 1.29 is 14.3 Å². The highest BCUT2D eigenvalue weighted by atomic mass is 16.6. The van der Waals surface area contributed by atoms with E-state index in [0.29, 0.717) is 6.61 Å². The van der Waals surface area contributed by atoms with Crippen molar-refractivity contribution in [3.05, 3.63) is 0 Å². The van der Waals surface area contributed by atoms with Crippen molar-refractivity contribution in [1.29, 1.82) is 0 Å². The lowest BCUT2D eigenvalue weighted by molar-refractivity contribution is 0.0253. The molecule has 5 heteroatoms. The third-order valence-corrected chi connectivity index (χ3v) is 2.11. The van der Waals surface area contributed by atoms with E-state index in [1.807, 2.05) is 20.8 Å². The molecule has 0 spiro atoms. The molecule has 0 bridgehead atoms. The molecule has 0 atom stereocenters. The van der Waals surface area contributed by atoms with Gasteiger partial charge in [0.2, 0.25) is 0 Å². The third kappa shape index (κ3) is 3.68. The van der Waals surface area contributed by atoms with E-state index < -0.39 is 5.60 Å². The van der Waals surface area contributed by atoms with Crippen molar-refractivity contribution in [2.75, 3.05) is 26.8 Å². The summed E-state index contributed by atoms with van der Waals surface area (Å²) in [5.41, 5.74) is -0.757. The van der Waals surface area contributed by atoms with Crippen molar-refractivity contribution in [3.8, 4) is 0 Å². The van der Waals surface area contributed by atoms with Crippen molar-refractivity contribution in [2.24, 2.45) is 0 Å². The van der Waals surface area contributed by atoms with Gasteiger partial charge < -0.3 is 20.1 Å². The first-order chi connectivity index (χ1) is 6.87. The second kappa shape index (κ2) is 4.37. The maximum atomic E-state index is 11.5. The zero-order chi connectivity index (χ0) is 11.5. The summed E-state index contributed by atoms with van der Waals surface area (Å²) >= 11 is 0. The van der Waals surface area contributed by atoms with Gasteiger partial charge in [-0.15, -0.1) is 0 Å². The highest BCUT2D eigenvalue weighted by Gasteiger charge is 2.39. The Morgan fingerprint density at radius 2 is 2.07 bits per heavy atom. The standard InChI is InChI=1S/C10H20N2O3/c1-9(2,3)15-8(13)12-10(7-14-4)5-11-6-10/h11H,5-7H2,1-4H3,(H,12,13). The highest BCUT2D eigenvalue weighted by molar-refractivity contribution is 5.69. The van der Waals surface area contributed by atoms with E-state index in [-0.39, 0.29) is 11.6 Å². The van der Waals surface area contributed by atoms with Crippen LogP contribution in [0.5, 0.6) is 0 Å². The van der Waals surface area contributed by atoms with Gasteiger partial charge in [-0.25, -0.2) is 4.79 Å². The van der Waals surface area contributed by atoms with Crippen LogP contribution in [0.4, 0.5) is 4.79 Å². The van der Waals surface area contributed by atoms with Gasteiger partial charge in [-0.05, 0) is 20.8 Å². The number of carbonyl (C=O) groups is 1. The fraction of sp³-hybridized carbons (Fsp3) is 0.900. The largest absolute Gasteiger partial charge is 0.444 e. The number of ether oxygens (including phenoxy) is 2. The van der Waals surface area contributed by atoms with Crippen LogP contribution in [0.25, 0.3) is 0 Å². The molecule has 0 aliphatic carbocycles. The molecular weight excluding hydrogens is 196 g/mol. The van der Waals surface area contributed by atoms with Crippen LogP contribution in [0.15, 0.2) is 0 Å². The average molecular weight is 216 g/mol. The minimum absolute atomic E-state index is 0.295. The molecule has 0 radical (unpaired) electrons. The molecule has 1 fully saturated rings. The molecule has 1 aliphatic heterocycles. The van der Waals surface area contributed by atoms with Gasteiger partial charge in [0, 0.05) is 20.2 Å². The molecule has 1 amide bonds. The van der Waals surface area contributed by atoms with Crippen molar-refractivity contribution in [3.63, 3.8) is 0 Å². The van der Waals surface area contributed by atoms with E-state index in [0.717, 1.165) is 13.1 Å². The predicted molar refractivity (Wildman–Crippen MR) is 56.8 cm³/mol. The van der Waals surface area contributed by atoms with Gasteiger partial charge in [0.1, 0.15) is 5.60 Å². The van der Waals surface area contributed by atoms with Crippen molar-refractivity contribution in [1.82, 2.24) is 10.6 Å².